The van der Waals surface area contributed by atoms with Gasteiger partial charge in [0.2, 0.25) is 0 Å². The summed E-state index contributed by atoms with van der Waals surface area (Å²) in [7, 11) is 0. The van der Waals surface area contributed by atoms with E-state index in [1.807, 2.05) is 13.8 Å². The van der Waals surface area contributed by atoms with Crippen molar-refractivity contribution in [2.75, 3.05) is 0 Å². The Labute approximate surface area is 110 Å². The highest BCUT2D eigenvalue weighted by atomic mass is 15.0. The molecule has 18 heavy (non-hydrogen) atoms. The topological polar surface area (TPSA) is 4.93 Å². The number of rotatable bonds is 1. The minimum absolute atomic E-state index is 0. The molecular formula is C17H23N. The van der Waals surface area contributed by atoms with Gasteiger partial charge >= 0.3 is 0 Å². The summed E-state index contributed by atoms with van der Waals surface area (Å²) in [6.45, 7) is 7.22. The van der Waals surface area contributed by atoms with Gasteiger partial charge in [0.05, 0.1) is 0 Å². The maximum atomic E-state index is 2.37. The number of para-hydroxylation sites is 2. The Balaban J connectivity index is 0.000000516. The first-order chi connectivity index (χ1) is 8.42. The summed E-state index contributed by atoms with van der Waals surface area (Å²) < 4.78 is 2.37. The molecular weight excluding hydrogens is 218 g/mol. The van der Waals surface area contributed by atoms with E-state index in [2.05, 4.69) is 60.0 Å². The van der Waals surface area contributed by atoms with Crippen LogP contribution in [0.25, 0.3) is 21.8 Å². The first-order valence-corrected chi connectivity index (χ1v) is 6.38. The SMILES string of the molecule is C.CC.CCn1c2ccccc2c2ccccc21. The second kappa shape index (κ2) is 6.25. The van der Waals surface area contributed by atoms with Crippen LogP contribution < -0.4 is 0 Å². The third-order valence-corrected chi connectivity index (χ3v) is 3.00. The van der Waals surface area contributed by atoms with Crippen molar-refractivity contribution in [3.05, 3.63) is 48.5 Å². The summed E-state index contributed by atoms with van der Waals surface area (Å²) in [6.07, 6.45) is 0. The molecule has 0 radical (unpaired) electrons. The first kappa shape index (κ1) is 14.3. The Bertz CT molecular complexity index is 566. The van der Waals surface area contributed by atoms with Crippen molar-refractivity contribution in [2.24, 2.45) is 0 Å². The number of aryl methyl sites for hydroxylation is 1. The standard InChI is InChI=1S/C14H13N.C2H6.CH4/c1-2-15-13-9-5-3-7-11(13)12-8-4-6-10-14(12)15;1-2;/h3-10H,2H2,1H3;1-2H3;1H4. The minimum atomic E-state index is 0. The van der Waals surface area contributed by atoms with Crippen LogP contribution in [-0.2, 0) is 6.54 Å². The Morgan fingerprint density at radius 3 is 1.56 bits per heavy atom. The molecule has 1 nitrogen and oxygen atoms in total. The number of hydrogen-bond donors (Lipinski definition) is 0. The molecule has 3 rings (SSSR count). The summed E-state index contributed by atoms with van der Waals surface area (Å²) in [4.78, 5) is 0. The van der Waals surface area contributed by atoms with Crippen LogP contribution in [0.1, 0.15) is 28.2 Å². The van der Waals surface area contributed by atoms with Crippen molar-refractivity contribution in [3.63, 3.8) is 0 Å². The van der Waals surface area contributed by atoms with Crippen molar-refractivity contribution in [1.82, 2.24) is 4.57 Å². The lowest BCUT2D eigenvalue weighted by Gasteiger charge is -2.01. The molecule has 1 heterocycles. The van der Waals surface area contributed by atoms with Crippen molar-refractivity contribution in [1.29, 1.82) is 0 Å². The van der Waals surface area contributed by atoms with Gasteiger partial charge in [0.15, 0.2) is 0 Å². The quantitative estimate of drug-likeness (QED) is 0.532. The molecule has 96 valence electrons. The lowest BCUT2D eigenvalue weighted by Crippen LogP contribution is -1.91. The predicted octanol–water partition coefficient (Wildman–Crippen LogP) is 5.48. The summed E-state index contributed by atoms with van der Waals surface area (Å²) in [6, 6.07) is 17.2. The molecule has 0 aliphatic carbocycles. The number of hydrogen-bond acceptors (Lipinski definition) is 0. The maximum absolute atomic E-state index is 2.37. The van der Waals surface area contributed by atoms with Crippen molar-refractivity contribution < 1.29 is 0 Å². The molecule has 1 heteroatoms. The molecule has 1 aromatic heterocycles. The molecule has 0 saturated carbocycles. The van der Waals surface area contributed by atoms with Gasteiger partial charge < -0.3 is 4.57 Å². The van der Waals surface area contributed by atoms with Gasteiger partial charge in [0, 0.05) is 28.4 Å². The van der Waals surface area contributed by atoms with E-state index in [4.69, 9.17) is 0 Å². The number of nitrogens with zero attached hydrogens (tertiary/aromatic N) is 1. The largest absolute Gasteiger partial charge is 0.341 e. The molecule has 3 aromatic rings. The van der Waals surface area contributed by atoms with Gasteiger partial charge in [-0.05, 0) is 19.1 Å². The Kier molecular flexibility index (Phi) is 4.96. The zero-order chi connectivity index (χ0) is 12.3. The minimum Gasteiger partial charge on any atom is -0.341 e. The average Bonchev–Trinajstić information content (AvgIpc) is 2.75. The predicted molar refractivity (Wildman–Crippen MR) is 83.2 cm³/mol. The van der Waals surface area contributed by atoms with E-state index < -0.39 is 0 Å². The zero-order valence-electron chi connectivity index (χ0n) is 10.8. The Hall–Kier alpha value is -1.76. The number of aromatic nitrogens is 1. The second-order valence-corrected chi connectivity index (χ2v) is 3.78. The van der Waals surface area contributed by atoms with Crippen LogP contribution in [0.3, 0.4) is 0 Å². The van der Waals surface area contributed by atoms with E-state index >= 15 is 0 Å². The molecule has 0 saturated heterocycles. The van der Waals surface area contributed by atoms with Gasteiger partial charge in [-0.15, -0.1) is 0 Å². The molecule has 2 aromatic carbocycles. The van der Waals surface area contributed by atoms with Gasteiger partial charge in [-0.25, -0.2) is 0 Å². The summed E-state index contributed by atoms with van der Waals surface area (Å²) in [5.74, 6) is 0. The monoisotopic (exact) mass is 241 g/mol. The normalized spacial score (nSPS) is 9.72. The van der Waals surface area contributed by atoms with Crippen LogP contribution in [0.4, 0.5) is 0 Å². The van der Waals surface area contributed by atoms with Gasteiger partial charge in [0.1, 0.15) is 0 Å². The Morgan fingerprint density at radius 1 is 0.778 bits per heavy atom. The Morgan fingerprint density at radius 2 is 1.17 bits per heavy atom. The van der Waals surface area contributed by atoms with Crippen LogP contribution in [0.15, 0.2) is 48.5 Å². The lowest BCUT2D eigenvalue weighted by atomic mass is 10.2. The fourth-order valence-electron chi connectivity index (χ4n) is 2.34. The third-order valence-electron chi connectivity index (χ3n) is 3.00. The molecule has 0 amide bonds. The molecule has 0 N–H and O–H groups in total. The molecule has 0 bridgehead atoms. The zero-order valence-corrected chi connectivity index (χ0v) is 10.8. The van der Waals surface area contributed by atoms with E-state index in [0.29, 0.717) is 0 Å². The third kappa shape index (κ3) is 2.13. The van der Waals surface area contributed by atoms with Crippen LogP contribution in [0.2, 0.25) is 0 Å². The van der Waals surface area contributed by atoms with Gasteiger partial charge in [-0.2, -0.15) is 0 Å². The highest BCUT2D eigenvalue weighted by Crippen LogP contribution is 2.28. The highest BCUT2D eigenvalue weighted by Gasteiger charge is 2.06. The molecule has 0 spiro atoms. The fourth-order valence-corrected chi connectivity index (χ4v) is 2.34. The van der Waals surface area contributed by atoms with Crippen molar-refractivity contribution in [2.45, 2.75) is 34.7 Å². The molecule has 0 aliphatic rings. The van der Waals surface area contributed by atoms with Crippen LogP contribution >= 0.6 is 0 Å². The summed E-state index contributed by atoms with van der Waals surface area (Å²) in [5.41, 5.74) is 2.67. The smallest absolute Gasteiger partial charge is 0.0491 e. The van der Waals surface area contributed by atoms with E-state index in [-0.39, 0.29) is 7.43 Å². The van der Waals surface area contributed by atoms with Crippen molar-refractivity contribution in [3.8, 4) is 0 Å². The first-order valence-electron chi connectivity index (χ1n) is 6.38. The van der Waals surface area contributed by atoms with E-state index in [0.717, 1.165) is 6.54 Å². The molecule has 0 unspecified atom stereocenters. The summed E-state index contributed by atoms with van der Waals surface area (Å²) in [5, 5.41) is 2.71. The molecule has 0 atom stereocenters. The van der Waals surface area contributed by atoms with Gasteiger partial charge in [0.25, 0.3) is 0 Å². The van der Waals surface area contributed by atoms with E-state index in [1.54, 1.807) is 0 Å². The molecule has 0 fully saturated rings. The second-order valence-electron chi connectivity index (χ2n) is 3.78. The highest BCUT2D eigenvalue weighted by molar-refractivity contribution is 6.07. The van der Waals surface area contributed by atoms with Crippen LogP contribution in [0.5, 0.6) is 0 Å². The van der Waals surface area contributed by atoms with Crippen LogP contribution in [0, 0.1) is 0 Å². The number of benzene rings is 2. The van der Waals surface area contributed by atoms with Crippen LogP contribution in [-0.4, -0.2) is 4.57 Å². The van der Waals surface area contributed by atoms with Crippen molar-refractivity contribution >= 4 is 21.8 Å². The summed E-state index contributed by atoms with van der Waals surface area (Å²) >= 11 is 0. The van der Waals surface area contributed by atoms with Gasteiger partial charge in [-0.3, -0.25) is 0 Å². The average molecular weight is 241 g/mol. The maximum Gasteiger partial charge on any atom is 0.0491 e. The number of fused-ring (bicyclic) bond motifs is 3. The molecule has 0 aliphatic heterocycles. The van der Waals surface area contributed by atoms with E-state index in [9.17, 15) is 0 Å². The van der Waals surface area contributed by atoms with E-state index in [1.165, 1.54) is 21.8 Å². The fraction of sp³-hybridized carbons (Fsp3) is 0.294. The lowest BCUT2D eigenvalue weighted by molar-refractivity contribution is 0.827. The van der Waals surface area contributed by atoms with Gasteiger partial charge in [-0.1, -0.05) is 57.7 Å².